The van der Waals surface area contributed by atoms with E-state index in [1.165, 1.54) is 35.6 Å². The lowest BCUT2D eigenvalue weighted by Gasteiger charge is -2.20. The first kappa shape index (κ1) is 26.6. The number of carbonyl (C=O) groups excluding carboxylic acids is 1. The summed E-state index contributed by atoms with van der Waals surface area (Å²) in [5, 5.41) is 2.74. The zero-order valence-electron chi connectivity index (χ0n) is 19.5. The van der Waals surface area contributed by atoms with Crippen LogP contribution in [0.3, 0.4) is 0 Å². The Morgan fingerprint density at radius 3 is 1.94 bits per heavy atom. The number of nitrogens with zero attached hydrogens (tertiary/aromatic N) is 2. The number of carbonyl (C=O) groups is 1. The van der Waals surface area contributed by atoms with Crippen LogP contribution >= 0.6 is 0 Å². The van der Waals surface area contributed by atoms with Gasteiger partial charge in [0.05, 0.1) is 16.8 Å². The molecule has 9 nitrogen and oxygen atoms in total. The Kier molecular flexibility index (Phi) is 8.87. The van der Waals surface area contributed by atoms with Crippen LogP contribution in [0.25, 0.3) is 0 Å². The smallest absolute Gasteiger partial charge is 0.265 e. The third kappa shape index (κ3) is 6.68. The first-order chi connectivity index (χ1) is 15.4. The Morgan fingerprint density at radius 2 is 1.48 bits per heavy atom. The lowest BCUT2D eigenvalue weighted by molar-refractivity contribution is -0.122. The number of hydrogen-bond donors (Lipinski definition) is 1. The van der Waals surface area contributed by atoms with Crippen molar-refractivity contribution in [3.63, 3.8) is 0 Å². The first-order valence-electron chi connectivity index (χ1n) is 10.6. The second-order valence-electron chi connectivity index (χ2n) is 7.34. The summed E-state index contributed by atoms with van der Waals surface area (Å²) in [6.07, 6.45) is 0.716. The third-order valence-electron chi connectivity index (χ3n) is 5.10. The van der Waals surface area contributed by atoms with Gasteiger partial charge < -0.3 is 10.1 Å². The van der Waals surface area contributed by atoms with Crippen molar-refractivity contribution in [3.8, 4) is 5.75 Å². The van der Waals surface area contributed by atoms with Crippen LogP contribution in [0.5, 0.6) is 5.75 Å². The average molecular weight is 498 g/mol. The van der Waals surface area contributed by atoms with E-state index in [-0.39, 0.29) is 10.8 Å². The minimum atomic E-state index is -3.57. The number of ether oxygens (including phenoxy) is 1. The lowest BCUT2D eigenvalue weighted by Crippen LogP contribution is -2.32. The number of hydrogen-bond acceptors (Lipinski definition) is 6. The minimum Gasteiger partial charge on any atom is -0.481 e. The monoisotopic (exact) mass is 497 g/mol. The molecule has 0 unspecified atom stereocenters. The van der Waals surface area contributed by atoms with E-state index >= 15 is 0 Å². The van der Waals surface area contributed by atoms with Crippen LogP contribution in [0.2, 0.25) is 0 Å². The van der Waals surface area contributed by atoms with Crippen molar-refractivity contribution in [1.82, 2.24) is 4.31 Å². The highest BCUT2D eigenvalue weighted by atomic mass is 32.2. The molecular formula is C22H31N3O6S2. The molecule has 2 rings (SSSR count). The van der Waals surface area contributed by atoms with Gasteiger partial charge in [0.15, 0.2) is 6.10 Å². The van der Waals surface area contributed by atoms with E-state index in [1.807, 2.05) is 0 Å². The molecule has 1 amide bonds. The molecule has 11 heteroatoms. The van der Waals surface area contributed by atoms with Gasteiger partial charge in [-0.15, -0.1) is 0 Å². The minimum absolute atomic E-state index is 0.159. The van der Waals surface area contributed by atoms with Gasteiger partial charge in [-0.25, -0.2) is 16.8 Å². The van der Waals surface area contributed by atoms with E-state index in [2.05, 4.69) is 5.32 Å². The molecule has 0 radical (unpaired) electrons. The molecule has 0 fully saturated rings. The molecule has 0 spiro atoms. The van der Waals surface area contributed by atoms with E-state index in [1.54, 1.807) is 45.0 Å². The fraction of sp³-hybridized carbons (Fsp3) is 0.409. The van der Waals surface area contributed by atoms with E-state index in [0.717, 1.165) is 10.6 Å². The summed E-state index contributed by atoms with van der Waals surface area (Å²) in [6, 6.07) is 12.4. The molecule has 33 heavy (non-hydrogen) atoms. The molecule has 0 aliphatic carbocycles. The second-order valence-corrected chi connectivity index (χ2v) is 11.3. The molecule has 0 saturated heterocycles. The Balaban J connectivity index is 2.08. The zero-order chi connectivity index (χ0) is 24.8. The summed E-state index contributed by atoms with van der Waals surface area (Å²) in [7, 11) is -5.50. The summed E-state index contributed by atoms with van der Waals surface area (Å²) < 4.78 is 56.8. The molecule has 0 saturated carbocycles. The SMILES string of the molecule is CC[C@@H](Oc1ccc(N(C)S(C)(=O)=O)cc1)C(=O)Nc1ccc(S(=O)(=O)N(CC)CC)cc1. The Bertz CT molecular complexity index is 1140. The number of nitrogens with one attached hydrogen (secondary N) is 1. The molecule has 1 atom stereocenters. The first-order valence-corrected chi connectivity index (χ1v) is 13.8. The normalized spacial score (nSPS) is 12.9. The molecule has 1 N–H and O–H groups in total. The predicted molar refractivity (Wildman–Crippen MR) is 130 cm³/mol. The maximum atomic E-state index is 12.7. The van der Waals surface area contributed by atoms with Crippen molar-refractivity contribution in [2.24, 2.45) is 0 Å². The van der Waals surface area contributed by atoms with Gasteiger partial charge in [-0.2, -0.15) is 4.31 Å². The number of amides is 1. The molecule has 182 valence electrons. The van der Waals surface area contributed by atoms with E-state index in [4.69, 9.17) is 4.74 Å². The number of rotatable bonds is 11. The van der Waals surface area contributed by atoms with Gasteiger partial charge in [0.25, 0.3) is 5.91 Å². The van der Waals surface area contributed by atoms with E-state index in [9.17, 15) is 21.6 Å². The fourth-order valence-electron chi connectivity index (χ4n) is 3.06. The highest BCUT2D eigenvalue weighted by Crippen LogP contribution is 2.22. The summed E-state index contributed by atoms with van der Waals surface area (Å²) in [6.45, 7) is 6.10. The second kappa shape index (κ2) is 11.0. The van der Waals surface area contributed by atoms with Gasteiger partial charge >= 0.3 is 0 Å². The molecule has 0 aliphatic rings. The van der Waals surface area contributed by atoms with Crippen LogP contribution in [-0.4, -0.2) is 59.5 Å². The molecule has 2 aromatic rings. The third-order valence-corrected chi connectivity index (χ3v) is 8.37. The molecular weight excluding hydrogens is 466 g/mol. The van der Waals surface area contributed by atoms with Gasteiger partial charge in [-0.05, 0) is 55.0 Å². The number of benzene rings is 2. The van der Waals surface area contributed by atoms with Crippen LogP contribution < -0.4 is 14.4 Å². The van der Waals surface area contributed by atoms with Crippen LogP contribution in [-0.2, 0) is 24.8 Å². The Labute approximate surface area is 196 Å². The van der Waals surface area contributed by atoms with Gasteiger partial charge in [0, 0.05) is 25.8 Å². The lowest BCUT2D eigenvalue weighted by atomic mass is 10.2. The van der Waals surface area contributed by atoms with Crippen LogP contribution in [0.1, 0.15) is 27.2 Å². The molecule has 0 aromatic heterocycles. The summed E-state index contributed by atoms with van der Waals surface area (Å²) in [4.78, 5) is 12.8. The quantitative estimate of drug-likeness (QED) is 0.511. The maximum Gasteiger partial charge on any atom is 0.265 e. The van der Waals surface area contributed by atoms with Gasteiger partial charge in [0.2, 0.25) is 20.0 Å². The van der Waals surface area contributed by atoms with Crippen molar-refractivity contribution in [1.29, 1.82) is 0 Å². The standard InChI is InChI=1S/C22H31N3O6S2/c1-6-21(31-19-13-11-18(12-14-19)24(4)32(5,27)28)22(26)23-17-9-15-20(16-10-17)33(29,30)25(7-2)8-3/h9-16,21H,6-8H2,1-5H3,(H,23,26)/t21-/m1/s1. The van der Waals surface area contributed by atoms with Gasteiger partial charge in [-0.3, -0.25) is 9.10 Å². The van der Waals surface area contributed by atoms with Crippen molar-refractivity contribution < 1.29 is 26.4 Å². The van der Waals surface area contributed by atoms with Gasteiger partial charge in [-0.1, -0.05) is 20.8 Å². The number of anilines is 2. The van der Waals surface area contributed by atoms with Crippen LogP contribution in [0, 0.1) is 0 Å². The van der Waals surface area contributed by atoms with Gasteiger partial charge in [0.1, 0.15) is 5.75 Å². The highest BCUT2D eigenvalue weighted by Gasteiger charge is 2.22. The van der Waals surface area contributed by atoms with Crippen molar-refractivity contribution in [3.05, 3.63) is 48.5 Å². The highest BCUT2D eigenvalue weighted by molar-refractivity contribution is 7.92. The topological polar surface area (TPSA) is 113 Å². The average Bonchev–Trinajstić information content (AvgIpc) is 2.77. The zero-order valence-corrected chi connectivity index (χ0v) is 21.1. The molecule has 0 bridgehead atoms. The summed E-state index contributed by atoms with van der Waals surface area (Å²) in [5.41, 5.74) is 0.924. The molecule has 0 heterocycles. The maximum absolute atomic E-state index is 12.7. The Hall–Kier alpha value is -2.63. The molecule has 0 aliphatic heterocycles. The Morgan fingerprint density at radius 1 is 0.939 bits per heavy atom. The molecule has 2 aromatic carbocycles. The van der Waals surface area contributed by atoms with Crippen molar-refractivity contribution >= 4 is 37.3 Å². The predicted octanol–water partition coefficient (Wildman–Crippen LogP) is 2.91. The van der Waals surface area contributed by atoms with Crippen LogP contribution in [0.15, 0.2) is 53.4 Å². The fourth-order valence-corrected chi connectivity index (χ4v) is 5.02. The van der Waals surface area contributed by atoms with Crippen molar-refractivity contribution in [2.75, 3.05) is 36.0 Å². The number of sulfonamides is 2. The van der Waals surface area contributed by atoms with Crippen LogP contribution in [0.4, 0.5) is 11.4 Å². The summed E-state index contributed by atoms with van der Waals surface area (Å²) >= 11 is 0. The largest absolute Gasteiger partial charge is 0.481 e. The van der Waals surface area contributed by atoms with E-state index in [0.29, 0.717) is 36.6 Å². The van der Waals surface area contributed by atoms with E-state index < -0.39 is 26.2 Å². The van der Waals surface area contributed by atoms with Crippen molar-refractivity contribution in [2.45, 2.75) is 38.2 Å². The summed E-state index contributed by atoms with van der Waals surface area (Å²) in [5.74, 6) is 0.0393.